The molecule has 7 heteroatoms. The highest BCUT2D eigenvalue weighted by molar-refractivity contribution is 7.86. The van der Waals surface area contributed by atoms with Crippen LogP contribution in [0.15, 0.2) is 0 Å². The van der Waals surface area contributed by atoms with Crippen molar-refractivity contribution in [2.75, 3.05) is 0 Å². The molecule has 0 atom stereocenters. The molecule has 0 aliphatic rings. The van der Waals surface area contributed by atoms with Crippen molar-refractivity contribution in [2.45, 2.75) is 5.51 Å². The first kappa shape index (κ1) is 7.70. The van der Waals surface area contributed by atoms with Gasteiger partial charge in [0.1, 0.15) is 0 Å². The fourth-order valence-electron chi connectivity index (χ4n) is 0. The second-order valence-corrected chi connectivity index (χ2v) is 2.27. The SMILES string of the molecule is [O]S(=O)(=O)C(F)(F)F. The Morgan fingerprint density at radius 1 is 1.12 bits per heavy atom. The molecule has 3 nitrogen and oxygen atoms in total. The van der Waals surface area contributed by atoms with E-state index in [0.29, 0.717) is 0 Å². The summed E-state index contributed by atoms with van der Waals surface area (Å²) in [7, 11) is -6.09. The first-order chi connectivity index (χ1) is 3.25. The number of halogens is 3. The van der Waals surface area contributed by atoms with Crippen LogP contribution < -0.4 is 0 Å². The predicted octanol–water partition coefficient (Wildman–Crippen LogP) is 0.267. The monoisotopic (exact) mass is 149 g/mol. The lowest BCUT2D eigenvalue weighted by atomic mass is 11.6. The molecule has 0 aromatic heterocycles. The van der Waals surface area contributed by atoms with Gasteiger partial charge in [-0.15, -0.1) is 0 Å². The van der Waals surface area contributed by atoms with Crippen LogP contribution in [0.2, 0.25) is 0 Å². The first-order valence-corrected chi connectivity index (χ1v) is 2.68. The first-order valence-electron chi connectivity index (χ1n) is 1.27. The van der Waals surface area contributed by atoms with E-state index >= 15 is 0 Å². The van der Waals surface area contributed by atoms with Crippen molar-refractivity contribution < 1.29 is 26.1 Å². The number of alkyl halides is 3. The highest BCUT2D eigenvalue weighted by Crippen LogP contribution is 2.21. The molecule has 0 aromatic carbocycles. The van der Waals surface area contributed by atoms with E-state index in [4.69, 9.17) is 13.0 Å². The third-order valence-electron chi connectivity index (χ3n) is 0.283. The van der Waals surface area contributed by atoms with Crippen molar-refractivity contribution in [3.05, 3.63) is 0 Å². The van der Waals surface area contributed by atoms with E-state index in [1.54, 1.807) is 0 Å². The molecule has 0 aliphatic carbocycles. The van der Waals surface area contributed by atoms with E-state index in [0.717, 1.165) is 0 Å². The lowest BCUT2D eigenvalue weighted by molar-refractivity contribution is -0.0536. The zero-order chi connectivity index (χ0) is 7.00. The second-order valence-electron chi connectivity index (χ2n) is 0.900. The molecule has 0 aliphatic heterocycles. The summed E-state index contributed by atoms with van der Waals surface area (Å²) in [5.41, 5.74) is -5.65. The maximum absolute atomic E-state index is 10.7. The van der Waals surface area contributed by atoms with Gasteiger partial charge in [-0.3, -0.25) is 0 Å². The Morgan fingerprint density at radius 3 is 1.25 bits per heavy atom. The van der Waals surface area contributed by atoms with Gasteiger partial charge in [0.15, 0.2) is 0 Å². The van der Waals surface area contributed by atoms with Gasteiger partial charge in [-0.05, 0) is 0 Å². The molecular weight excluding hydrogens is 149 g/mol. The van der Waals surface area contributed by atoms with E-state index in [9.17, 15) is 13.2 Å². The number of hydrogen-bond acceptors (Lipinski definition) is 2. The molecule has 0 N–H and O–H groups in total. The zero-order valence-electron chi connectivity index (χ0n) is 3.27. The van der Waals surface area contributed by atoms with Gasteiger partial charge < -0.3 is 0 Å². The summed E-state index contributed by atoms with van der Waals surface area (Å²) in [5.74, 6) is 0. The lowest BCUT2D eigenvalue weighted by Gasteiger charge is -1.95. The normalized spacial score (nSPS) is 14.0. The van der Waals surface area contributed by atoms with Crippen molar-refractivity contribution in [1.29, 1.82) is 0 Å². The minimum absolute atomic E-state index is 5.65. The summed E-state index contributed by atoms with van der Waals surface area (Å²) in [5, 5.41) is 0. The molecule has 49 valence electrons. The molecule has 0 saturated heterocycles. The van der Waals surface area contributed by atoms with Crippen molar-refractivity contribution in [3.63, 3.8) is 0 Å². The molecular formula is CF3O3S. The molecule has 0 bridgehead atoms. The number of rotatable bonds is 0. The van der Waals surface area contributed by atoms with Crippen LogP contribution in [-0.2, 0) is 14.7 Å². The van der Waals surface area contributed by atoms with Crippen LogP contribution in [0.1, 0.15) is 0 Å². The summed E-state index contributed by atoms with van der Waals surface area (Å²) in [4.78, 5) is 0. The van der Waals surface area contributed by atoms with Crippen LogP contribution in [0.5, 0.6) is 0 Å². The van der Waals surface area contributed by atoms with Gasteiger partial charge in [0, 0.05) is 0 Å². The van der Waals surface area contributed by atoms with Gasteiger partial charge in [-0.2, -0.15) is 21.6 Å². The highest BCUT2D eigenvalue weighted by Gasteiger charge is 2.46. The Hall–Kier alpha value is -0.300. The Morgan fingerprint density at radius 2 is 1.25 bits per heavy atom. The number of hydrogen-bond donors (Lipinski definition) is 0. The molecule has 0 fully saturated rings. The Kier molecular flexibility index (Phi) is 1.53. The van der Waals surface area contributed by atoms with E-state index in [1.807, 2.05) is 0 Å². The third kappa shape index (κ3) is 1.66. The van der Waals surface area contributed by atoms with Crippen molar-refractivity contribution >= 4 is 10.1 Å². The summed E-state index contributed by atoms with van der Waals surface area (Å²) in [6.07, 6.45) is 0. The summed E-state index contributed by atoms with van der Waals surface area (Å²) in [6, 6.07) is 0. The van der Waals surface area contributed by atoms with Crippen LogP contribution >= 0.6 is 0 Å². The van der Waals surface area contributed by atoms with Gasteiger partial charge in [-0.1, -0.05) is 4.55 Å². The quantitative estimate of drug-likeness (QED) is 0.464. The lowest BCUT2D eigenvalue weighted by Crippen LogP contribution is -2.20. The summed E-state index contributed by atoms with van der Waals surface area (Å²) >= 11 is 0. The highest BCUT2D eigenvalue weighted by atomic mass is 32.2. The maximum Gasteiger partial charge on any atom is 0.525 e. The van der Waals surface area contributed by atoms with Crippen LogP contribution in [0.3, 0.4) is 0 Å². The minimum Gasteiger partial charge on any atom is -0.187 e. The van der Waals surface area contributed by atoms with Crippen LogP contribution in [0, 0.1) is 0 Å². The molecule has 1 radical (unpaired) electrons. The van der Waals surface area contributed by atoms with Crippen molar-refractivity contribution in [1.82, 2.24) is 0 Å². The van der Waals surface area contributed by atoms with Gasteiger partial charge >= 0.3 is 15.6 Å². The molecule has 8 heavy (non-hydrogen) atoms. The van der Waals surface area contributed by atoms with Crippen LogP contribution in [-0.4, -0.2) is 13.9 Å². The van der Waals surface area contributed by atoms with Gasteiger partial charge in [0.25, 0.3) is 0 Å². The Bertz CT molecular complexity index is 163. The molecule has 0 heterocycles. The molecule has 0 aromatic rings. The van der Waals surface area contributed by atoms with Gasteiger partial charge in [-0.25, -0.2) is 0 Å². The molecule has 0 unspecified atom stereocenters. The molecule has 0 rings (SSSR count). The molecule has 0 saturated carbocycles. The average molecular weight is 149 g/mol. The fourth-order valence-corrected chi connectivity index (χ4v) is 0. The standard InChI is InChI=1S/CF3O3S/c2-1(3,4)8(5,6)7. The second kappa shape index (κ2) is 1.59. The van der Waals surface area contributed by atoms with Crippen molar-refractivity contribution in [2.24, 2.45) is 0 Å². The van der Waals surface area contributed by atoms with E-state index < -0.39 is 15.6 Å². The average Bonchev–Trinajstić information content (AvgIpc) is 1.25. The van der Waals surface area contributed by atoms with E-state index in [1.165, 1.54) is 0 Å². The Labute approximate surface area is 42.9 Å². The molecule has 0 amide bonds. The topological polar surface area (TPSA) is 54.0 Å². The maximum atomic E-state index is 10.7. The van der Waals surface area contributed by atoms with Gasteiger partial charge in [0.2, 0.25) is 0 Å². The summed E-state index contributed by atoms with van der Waals surface area (Å²) in [6.45, 7) is 0. The van der Waals surface area contributed by atoms with E-state index in [2.05, 4.69) is 0 Å². The fraction of sp³-hybridized carbons (Fsp3) is 1.00. The minimum atomic E-state index is -6.09. The smallest absolute Gasteiger partial charge is 0.187 e. The summed E-state index contributed by atoms with van der Waals surface area (Å²) < 4.78 is 58.9. The largest absolute Gasteiger partial charge is 0.525 e. The van der Waals surface area contributed by atoms with E-state index in [-0.39, 0.29) is 0 Å². The van der Waals surface area contributed by atoms with Crippen LogP contribution in [0.25, 0.3) is 0 Å². The van der Waals surface area contributed by atoms with Crippen molar-refractivity contribution in [3.8, 4) is 0 Å². The predicted molar refractivity (Wildman–Crippen MR) is 15.7 cm³/mol. The van der Waals surface area contributed by atoms with Gasteiger partial charge in [0.05, 0.1) is 0 Å². The Balaban J connectivity index is 4.53. The third-order valence-corrected chi connectivity index (χ3v) is 0.850. The molecule has 0 spiro atoms. The van der Waals surface area contributed by atoms with Crippen LogP contribution in [0.4, 0.5) is 13.2 Å². The zero-order valence-corrected chi connectivity index (χ0v) is 4.08.